The average Bonchev–Trinajstić information content (AvgIpc) is 2.73. The normalized spacial score (nSPS) is 10.7. The van der Waals surface area contributed by atoms with Crippen molar-refractivity contribution in [1.82, 2.24) is 5.32 Å². The first-order valence-electron chi connectivity index (χ1n) is 10.8. The molecule has 0 bridgehead atoms. The first-order chi connectivity index (χ1) is 15.0. The van der Waals surface area contributed by atoms with E-state index >= 15 is 0 Å². The molecule has 1 aromatic rings. The van der Waals surface area contributed by atoms with Gasteiger partial charge in [-0.1, -0.05) is 31.1 Å². The van der Waals surface area contributed by atoms with Crippen molar-refractivity contribution < 1.29 is 28.6 Å². The minimum atomic E-state index is 0.0203. The minimum Gasteiger partial charge on any atom is -0.491 e. The summed E-state index contributed by atoms with van der Waals surface area (Å²) in [6, 6.07) is 7.70. The van der Waals surface area contributed by atoms with Crippen molar-refractivity contribution in [3.63, 3.8) is 0 Å². The zero-order chi connectivity index (χ0) is 22.7. The van der Waals surface area contributed by atoms with Crippen molar-refractivity contribution in [3.05, 3.63) is 29.8 Å². The standard InChI is InChI=1S/C23H38N2O6/c1-19(2)17-24-23(26)9-10-27-11-12-28-13-14-29-15-16-30-22-7-5-21(6-8-22)18-31-25-20(3)4/h5-8,19H,9-18H2,1-4H3,(H,24,26). The van der Waals surface area contributed by atoms with Gasteiger partial charge in [0, 0.05) is 13.0 Å². The molecule has 1 rings (SSSR count). The van der Waals surface area contributed by atoms with E-state index in [0.717, 1.165) is 17.0 Å². The molecule has 1 amide bonds. The minimum absolute atomic E-state index is 0.0203. The zero-order valence-electron chi connectivity index (χ0n) is 19.4. The summed E-state index contributed by atoms with van der Waals surface area (Å²) in [6.45, 7) is 12.3. The molecule has 0 aliphatic rings. The summed E-state index contributed by atoms with van der Waals surface area (Å²) in [5.41, 5.74) is 1.92. The largest absolute Gasteiger partial charge is 0.491 e. The molecule has 31 heavy (non-hydrogen) atoms. The molecule has 0 saturated carbocycles. The third-order valence-corrected chi connectivity index (χ3v) is 3.82. The van der Waals surface area contributed by atoms with Crippen molar-refractivity contribution in [2.45, 2.75) is 40.7 Å². The molecule has 8 nitrogen and oxygen atoms in total. The van der Waals surface area contributed by atoms with Crippen LogP contribution in [0.25, 0.3) is 0 Å². The summed E-state index contributed by atoms with van der Waals surface area (Å²) in [6.07, 6.45) is 0.374. The molecule has 0 aliphatic carbocycles. The van der Waals surface area contributed by atoms with Gasteiger partial charge in [0.2, 0.25) is 5.91 Å². The van der Waals surface area contributed by atoms with E-state index in [-0.39, 0.29) is 5.91 Å². The predicted octanol–water partition coefficient (Wildman–Crippen LogP) is 3.19. The molecule has 0 saturated heterocycles. The van der Waals surface area contributed by atoms with Gasteiger partial charge in [-0.25, -0.2) is 0 Å². The average molecular weight is 439 g/mol. The summed E-state index contributed by atoms with van der Waals surface area (Å²) in [7, 11) is 0. The highest BCUT2D eigenvalue weighted by atomic mass is 16.6. The Hall–Kier alpha value is -2.16. The van der Waals surface area contributed by atoms with Crippen LogP contribution in [0.3, 0.4) is 0 Å². The molecule has 0 radical (unpaired) electrons. The maximum Gasteiger partial charge on any atom is 0.222 e. The van der Waals surface area contributed by atoms with Gasteiger partial charge in [0.1, 0.15) is 19.0 Å². The second-order valence-electron chi connectivity index (χ2n) is 7.59. The van der Waals surface area contributed by atoms with E-state index in [2.05, 4.69) is 24.3 Å². The number of hydrogen-bond acceptors (Lipinski definition) is 7. The molecule has 1 aromatic carbocycles. The molecule has 176 valence electrons. The van der Waals surface area contributed by atoms with Crippen LogP contribution in [0.5, 0.6) is 5.75 Å². The van der Waals surface area contributed by atoms with Gasteiger partial charge in [0.15, 0.2) is 0 Å². The molecule has 0 fully saturated rings. The Morgan fingerprint density at radius 3 is 2.06 bits per heavy atom. The van der Waals surface area contributed by atoms with E-state index in [1.165, 1.54) is 0 Å². The van der Waals surface area contributed by atoms with Crippen LogP contribution in [-0.4, -0.2) is 64.4 Å². The Bertz CT molecular complexity index is 615. The number of nitrogens with one attached hydrogen (secondary N) is 1. The number of carbonyl (C=O) groups is 1. The van der Waals surface area contributed by atoms with Crippen molar-refractivity contribution in [3.8, 4) is 5.75 Å². The highest BCUT2D eigenvalue weighted by Gasteiger charge is 2.02. The van der Waals surface area contributed by atoms with Crippen LogP contribution in [0.4, 0.5) is 0 Å². The fourth-order valence-electron chi connectivity index (χ4n) is 2.25. The summed E-state index contributed by atoms with van der Waals surface area (Å²) in [5.74, 6) is 1.26. The third kappa shape index (κ3) is 16.2. The number of ether oxygens (including phenoxy) is 4. The second kappa shape index (κ2) is 17.5. The van der Waals surface area contributed by atoms with Crippen LogP contribution in [-0.2, 0) is 30.4 Å². The summed E-state index contributed by atoms with van der Waals surface area (Å²) >= 11 is 0. The van der Waals surface area contributed by atoms with Crippen molar-refractivity contribution in [1.29, 1.82) is 0 Å². The molecule has 0 aromatic heterocycles. The van der Waals surface area contributed by atoms with Crippen LogP contribution in [0, 0.1) is 5.92 Å². The number of benzene rings is 1. The number of amides is 1. The van der Waals surface area contributed by atoms with Crippen LogP contribution >= 0.6 is 0 Å². The third-order valence-electron chi connectivity index (χ3n) is 3.82. The molecular weight excluding hydrogens is 400 g/mol. The molecular formula is C23H38N2O6. The fraction of sp³-hybridized carbons (Fsp3) is 0.652. The Kier molecular flexibility index (Phi) is 15.2. The lowest BCUT2D eigenvalue weighted by atomic mass is 10.2. The Labute approximate surface area is 186 Å². The lowest BCUT2D eigenvalue weighted by Gasteiger charge is -2.09. The van der Waals surface area contributed by atoms with Gasteiger partial charge in [-0.3, -0.25) is 4.79 Å². The molecule has 0 aliphatic heterocycles. The lowest BCUT2D eigenvalue weighted by molar-refractivity contribution is -0.122. The Morgan fingerprint density at radius 2 is 1.48 bits per heavy atom. The van der Waals surface area contributed by atoms with Gasteiger partial charge in [-0.15, -0.1) is 0 Å². The molecule has 0 unspecified atom stereocenters. The summed E-state index contributed by atoms with van der Waals surface area (Å²) in [4.78, 5) is 16.7. The lowest BCUT2D eigenvalue weighted by Crippen LogP contribution is -2.28. The number of nitrogens with zero attached hydrogens (tertiary/aromatic N) is 1. The number of hydrogen-bond donors (Lipinski definition) is 1. The Morgan fingerprint density at radius 1 is 0.903 bits per heavy atom. The van der Waals surface area contributed by atoms with Gasteiger partial charge in [0.25, 0.3) is 0 Å². The fourth-order valence-corrected chi connectivity index (χ4v) is 2.25. The topological polar surface area (TPSA) is 87.6 Å². The molecule has 0 spiro atoms. The Balaban J connectivity index is 1.90. The van der Waals surface area contributed by atoms with Crippen molar-refractivity contribution in [2.75, 3.05) is 52.8 Å². The van der Waals surface area contributed by atoms with Gasteiger partial charge in [-0.2, -0.15) is 0 Å². The van der Waals surface area contributed by atoms with Crippen LogP contribution in [0.2, 0.25) is 0 Å². The smallest absolute Gasteiger partial charge is 0.222 e. The molecule has 8 heteroatoms. The van der Waals surface area contributed by atoms with E-state index in [1.54, 1.807) is 0 Å². The van der Waals surface area contributed by atoms with E-state index in [9.17, 15) is 4.79 Å². The maximum absolute atomic E-state index is 11.5. The molecule has 1 N–H and O–H groups in total. The zero-order valence-corrected chi connectivity index (χ0v) is 19.4. The number of rotatable bonds is 18. The highest BCUT2D eigenvalue weighted by Crippen LogP contribution is 2.13. The van der Waals surface area contributed by atoms with E-state index in [4.69, 9.17) is 23.8 Å². The van der Waals surface area contributed by atoms with Crippen LogP contribution < -0.4 is 10.1 Å². The van der Waals surface area contributed by atoms with Gasteiger partial charge in [0.05, 0.1) is 45.4 Å². The highest BCUT2D eigenvalue weighted by molar-refractivity contribution is 5.78. The molecule has 0 atom stereocenters. The summed E-state index contributed by atoms with van der Waals surface area (Å²) < 4.78 is 21.9. The van der Waals surface area contributed by atoms with Gasteiger partial charge >= 0.3 is 0 Å². The van der Waals surface area contributed by atoms with Gasteiger partial charge < -0.3 is 29.1 Å². The van der Waals surface area contributed by atoms with E-state index in [0.29, 0.717) is 71.7 Å². The summed E-state index contributed by atoms with van der Waals surface area (Å²) in [5, 5.41) is 6.76. The first-order valence-corrected chi connectivity index (χ1v) is 10.8. The number of oxime groups is 1. The van der Waals surface area contributed by atoms with E-state index in [1.807, 2.05) is 38.1 Å². The quantitative estimate of drug-likeness (QED) is 0.215. The van der Waals surface area contributed by atoms with Crippen molar-refractivity contribution >= 4 is 11.6 Å². The second-order valence-corrected chi connectivity index (χ2v) is 7.59. The maximum atomic E-state index is 11.5. The predicted molar refractivity (Wildman–Crippen MR) is 120 cm³/mol. The molecule has 0 heterocycles. The van der Waals surface area contributed by atoms with Crippen molar-refractivity contribution in [2.24, 2.45) is 11.1 Å². The number of carbonyl (C=O) groups excluding carboxylic acids is 1. The van der Waals surface area contributed by atoms with Crippen LogP contribution in [0.15, 0.2) is 29.4 Å². The van der Waals surface area contributed by atoms with E-state index < -0.39 is 0 Å². The first kappa shape index (κ1) is 26.9. The van der Waals surface area contributed by atoms with Gasteiger partial charge in [-0.05, 0) is 37.5 Å². The van der Waals surface area contributed by atoms with Crippen LogP contribution in [0.1, 0.15) is 39.7 Å². The SMILES string of the molecule is CC(C)=NOCc1ccc(OCCOCCOCCOCCC(=O)NCC(C)C)cc1. The monoisotopic (exact) mass is 438 g/mol.